The van der Waals surface area contributed by atoms with Crippen LogP contribution in [0.15, 0.2) is 0 Å². The maximum Gasteiger partial charge on any atom is 0.307 e. The zero-order valence-corrected chi connectivity index (χ0v) is 9.66. The first-order valence-electron chi connectivity index (χ1n) is 4.52. The maximum absolute atomic E-state index is 10.9. The smallest absolute Gasteiger partial charge is 0.307 e. The third-order valence-electron chi connectivity index (χ3n) is 1.11. The largest absolute Gasteiger partial charge is 0.466 e. The van der Waals surface area contributed by atoms with E-state index in [-0.39, 0.29) is 10.7 Å². The molecular formula is C9H19NO2S. The minimum Gasteiger partial charge on any atom is -0.466 e. The number of esters is 1. The fraction of sp³-hybridized carbons (Fsp3) is 0.889. The van der Waals surface area contributed by atoms with Gasteiger partial charge in [0.2, 0.25) is 0 Å². The first-order valence-corrected chi connectivity index (χ1v) is 5.34. The second kappa shape index (κ2) is 6.27. The molecule has 0 aliphatic carbocycles. The number of hydrogen-bond donors (Lipinski definition) is 1. The maximum atomic E-state index is 10.9. The number of carbonyl (C=O) groups is 1. The van der Waals surface area contributed by atoms with Crippen LogP contribution < -0.4 is 4.72 Å². The van der Waals surface area contributed by atoms with Gasteiger partial charge in [0.25, 0.3) is 0 Å². The fourth-order valence-corrected chi connectivity index (χ4v) is 1.29. The molecule has 0 amide bonds. The number of ether oxygens (including phenoxy) is 1. The lowest BCUT2D eigenvalue weighted by Gasteiger charge is -2.17. The van der Waals surface area contributed by atoms with Crippen molar-refractivity contribution >= 4 is 17.9 Å². The molecule has 3 nitrogen and oxygen atoms in total. The molecule has 1 N–H and O–H groups in total. The second-order valence-electron chi connectivity index (χ2n) is 3.66. The summed E-state index contributed by atoms with van der Waals surface area (Å²) in [6.07, 6.45) is 0.441. The van der Waals surface area contributed by atoms with E-state index in [1.54, 1.807) is 11.9 Å². The Labute approximate surface area is 84.7 Å². The van der Waals surface area contributed by atoms with Gasteiger partial charge in [0, 0.05) is 11.3 Å². The Balaban J connectivity index is 3.31. The molecule has 4 heteroatoms. The van der Waals surface area contributed by atoms with Gasteiger partial charge in [0.05, 0.1) is 13.0 Å². The highest BCUT2D eigenvalue weighted by Gasteiger charge is 2.10. The van der Waals surface area contributed by atoms with Crippen LogP contribution in [0.4, 0.5) is 0 Å². The molecule has 0 radical (unpaired) electrons. The summed E-state index contributed by atoms with van der Waals surface area (Å²) in [6.45, 7) is 9.31. The average Bonchev–Trinajstić information content (AvgIpc) is 1.97. The molecular weight excluding hydrogens is 186 g/mol. The van der Waals surface area contributed by atoms with Crippen LogP contribution in [0.1, 0.15) is 34.1 Å². The van der Waals surface area contributed by atoms with Crippen LogP contribution >= 0.6 is 11.9 Å². The van der Waals surface area contributed by atoms with Crippen LogP contribution in [0.5, 0.6) is 0 Å². The van der Waals surface area contributed by atoms with E-state index in [1.807, 2.05) is 6.92 Å². The highest BCUT2D eigenvalue weighted by atomic mass is 32.2. The van der Waals surface area contributed by atoms with Crippen LogP contribution in [0.2, 0.25) is 0 Å². The van der Waals surface area contributed by atoms with Gasteiger partial charge in [-0.1, -0.05) is 11.9 Å². The van der Waals surface area contributed by atoms with Crippen LogP contribution in [-0.2, 0) is 9.53 Å². The third kappa shape index (κ3) is 9.70. The van der Waals surface area contributed by atoms with Crippen molar-refractivity contribution in [2.75, 3.05) is 13.2 Å². The summed E-state index contributed by atoms with van der Waals surface area (Å²) in [5.74, 6) is -0.135. The average molecular weight is 205 g/mol. The van der Waals surface area contributed by atoms with E-state index in [0.29, 0.717) is 19.6 Å². The van der Waals surface area contributed by atoms with E-state index in [4.69, 9.17) is 4.74 Å². The van der Waals surface area contributed by atoms with Gasteiger partial charge >= 0.3 is 5.97 Å². The van der Waals surface area contributed by atoms with Crippen molar-refractivity contribution in [1.29, 1.82) is 0 Å². The molecule has 0 saturated heterocycles. The molecule has 0 aliphatic heterocycles. The molecule has 0 unspecified atom stereocenters. The van der Waals surface area contributed by atoms with Gasteiger partial charge in [-0.25, -0.2) is 0 Å². The zero-order chi connectivity index (χ0) is 10.3. The molecule has 0 heterocycles. The SMILES string of the molecule is CCOC(=O)CCNSC(C)(C)C. The van der Waals surface area contributed by atoms with Crippen LogP contribution in [0.3, 0.4) is 0 Å². The summed E-state index contributed by atoms with van der Waals surface area (Å²) < 4.78 is 8.11. The van der Waals surface area contributed by atoms with Crippen molar-refractivity contribution in [3.8, 4) is 0 Å². The van der Waals surface area contributed by atoms with Gasteiger partial charge in [-0.05, 0) is 27.7 Å². The number of rotatable bonds is 5. The third-order valence-corrected chi connectivity index (χ3v) is 2.08. The zero-order valence-electron chi connectivity index (χ0n) is 8.85. The predicted molar refractivity (Wildman–Crippen MR) is 56.6 cm³/mol. The quantitative estimate of drug-likeness (QED) is 0.423. The van der Waals surface area contributed by atoms with Gasteiger partial charge < -0.3 is 4.74 Å². The fourth-order valence-electron chi connectivity index (χ4n) is 0.654. The Kier molecular flexibility index (Phi) is 6.16. The Morgan fingerprint density at radius 3 is 2.54 bits per heavy atom. The molecule has 0 fully saturated rings. The summed E-state index contributed by atoms with van der Waals surface area (Å²) >= 11 is 1.64. The standard InChI is InChI=1S/C9H19NO2S/c1-5-12-8(11)6-7-10-13-9(2,3)4/h10H,5-7H2,1-4H3. The van der Waals surface area contributed by atoms with E-state index >= 15 is 0 Å². The van der Waals surface area contributed by atoms with Gasteiger partial charge in [0.15, 0.2) is 0 Å². The summed E-state index contributed by atoms with van der Waals surface area (Å²) in [5.41, 5.74) is 0. The molecule has 0 aromatic rings. The van der Waals surface area contributed by atoms with Crippen LogP contribution in [-0.4, -0.2) is 23.9 Å². The Bertz CT molecular complexity index is 154. The van der Waals surface area contributed by atoms with Crippen LogP contribution in [0, 0.1) is 0 Å². The topological polar surface area (TPSA) is 38.3 Å². The minimum atomic E-state index is -0.135. The van der Waals surface area contributed by atoms with E-state index in [2.05, 4.69) is 25.5 Å². The van der Waals surface area contributed by atoms with Crippen molar-refractivity contribution in [1.82, 2.24) is 4.72 Å². The summed E-state index contributed by atoms with van der Waals surface area (Å²) in [7, 11) is 0. The minimum absolute atomic E-state index is 0.135. The second-order valence-corrected chi connectivity index (χ2v) is 5.38. The Morgan fingerprint density at radius 2 is 2.08 bits per heavy atom. The van der Waals surface area contributed by atoms with Gasteiger partial charge in [-0.15, -0.1) is 0 Å². The van der Waals surface area contributed by atoms with Crippen molar-refractivity contribution in [3.63, 3.8) is 0 Å². The first kappa shape index (κ1) is 12.8. The molecule has 0 aromatic heterocycles. The molecule has 13 heavy (non-hydrogen) atoms. The van der Waals surface area contributed by atoms with Gasteiger partial charge in [0.1, 0.15) is 0 Å². The lowest BCUT2D eigenvalue weighted by molar-refractivity contribution is -0.142. The molecule has 0 spiro atoms. The van der Waals surface area contributed by atoms with E-state index in [9.17, 15) is 4.79 Å². The predicted octanol–water partition coefficient (Wildman–Crippen LogP) is 1.98. The lowest BCUT2D eigenvalue weighted by Crippen LogP contribution is -2.20. The highest BCUT2D eigenvalue weighted by Crippen LogP contribution is 2.18. The highest BCUT2D eigenvalue weighted by molar-refractivity contribution is 7.98. The summed E-state index contributed by atoms with van der Waals surface area (Å²) in [6, 6.07) is 0. The number of carbonyl (C=O) groups excluding carboxylic acids is 1. The molecule has 0 aromatic carbocycles. The van der Waals surface area contributed by atoms with E-state index < -0.39 is 0 Å². The Hall–Kier alpha value is -0.220. The molecule has 0 saturated carbocycles. The van der Waals surface area contributed by atoms with Crippen molar-refractivity contribution in [2.45, 2.75) is 38.9 Å². The summed E-state index contributed by atoms with van der Waals surface area (Å²) in [5, 5.41) is 0. The number of hydrogen-bond acceptors (Lipinski definition) is 4. The van der Waals surface area contributed by atoms with Crippen molar-refractivity contribution in [2.24, 2.45) is 0 Å². The Morgan fingerprint density at radius 1 is 1.46 bits per heavy atom. The van der Waals surface area contributed by atoms with Gasteiger partial charge in [-0.3, -0.25) is 9.52 Å². The number of nitrogens with one attached hydrogen (secondary N) is 1. The molecule has 0 bridgehead atoms. The molecule has 78 valence electrons. The normalized spacial score (nSPS) is 11.4. The van der Waals surface area contributed by atoms with Gasteiger partial charge in [-0.2, -0.15) is 0 Å². The van der Waals surface area contributed by atoms with E-state index in [0.717, 1.165) is 0 Å². The summed E-state index contributed by atoms with van der Waals surface area (Å²) in [4.78, 5) is 10.9. The first-order chi connectivity index (χ1) is 5.95. The monoisotopic (exact) mass is 205 g/mol. The van der Waals surface area contributed by atoms with Crippen molar-refractivity contribution < 1.29 is 9.53 Å². The van der Waals surface area contributed by atoms with Crippen LogP contribution in [0.25, 0.3) is 0 Å². The molecule has 0 aliphatic rings. The lowest BCUT2D eigenvalue weighted by atomic mass is 10.3. The molecule has 0 atom stereocenters. The molecule has 0 rings (SSSR count). The van der Waals surface area contributed by atoms with Crippen molar-refractivity contribution in [3.05, 3.63) is 0 Å². The van der Waals surface area contributed by atoms with E-state index in [1.165, 1.54) is 0 Å².